The first kappa shape index (κ1) is 14.7. The number of aliphatic hydroxyl groups is 2. The zero-order valence-corrected chi connectivity index (χ0v) is 11.0. The third-order valence-electron chi connectivity index (χ3n) is 3.02. The van der Waals surface area contributed by atoms with Gasteiger partial charge >= 0.3 is 0 Å². The number of nitro groups is 1. The molecule has 0 spiro atoms. The molecule has 4 N–H and O–H groups in total. The van der Waals surface area contributed by atoms with Gasteiger partial charge in [0.2, 0.25) is 10.0 Å². The summed E-state index contributed by atoms with van der Waals surface area (Å²) in [6.45, 7) is -0.629. The van der Waals surface area contributed by atoms with Gasteiger partial charge in [-0.05, 0) is 12.1 Å². The zero-order valence-electron chi connectivity index (χ0n) is 10.2. The van der Waals surface area contributed by atoms with E-state index in [4.69, 9.17) is 5.73 Å². The molecule has 20 heavy (non-hydrogen) atoms. The number of sulfonamides is 1. The fourth-order valence-electron chi connectivity index (χ4n) is 1.97. The SMILES string of the molecule is Nc1ccc(S(=O)(=O)N2CC(O)C(O)C2)c([N+](=O)[O-])c1. The average molecular weight is 303 g/mol. The lowest BCUT2D eigenvalue weighted by Crippen LogP contribution is -2.30. The minimum atomic E-state index is -4.18. The summed E-state index contributed by atoms with van der Waals surface area (Å²) in [6, 6.07) is 3.23. The molecule has 1 heterocycles. The summed E-state index contributed by atoms with van der Waals surface area (Å²) in [5.41, 5.74) is 4.84. The van der Waals surface area contributed by atoms with Gasteiger partial charge in [-0.2, -0.15) is 4.31 Å². The van der Waals surface area contributed by atoms with Crippen molar-refractivity contribution in [3.05, 3.63) is 28.3 Å². The molecule has 1 fully saturated rings. The van der Waals surface area contributed by atoms with Gasteiger partial charge in [0.15, 0.2) is 4.90 Å². The Kier molecular flexibility index (Phi) is 3.65. The third-order valence-corrected chi connectivity index (χ3v) is 4.90. The largest absolute Gasteiger partial charge is 0.399 e. The van der Waals surface area contributed by atoms with Crippen molar-refractivity contribution in [2.45, 2.75) is 17.1 Å². The second kappa shape index (κ2) is 4.98. The summed E-state index contributed by atoms with van der Waals surface area (Å²) < 4.78 is 25.4. The van der Waals surface area contributed by atoms with Crippen LogP contribution in [0.5, 0.6) is 0 Å². The van der Waals surface area contributed by atoms with Crippen molar-refractivity contribution in [1.29, 1.82) is 0 Å². The van der Waals surface area contributed by atoms with Crippen LogP contribution in [0, 0.1) is 10.1 Å². The number of hydrogen-bond acceptors (Lipinski definition) is 7. The third kappa shape index (κ3) is 2.45. The van der Waals surface area contributed by atoms with Crippen molar-refractivity contribution in [3.8, 4) is 0 Å². The molecule has 1 aromatic carbocycles. The highest BCUT2D eigenvalue weighted by Gasteiger charge is 2.40. The Morgan fingerprint density at radius 3 is 2.35 bits per heavy atom. The molecule has 2 unspecified atom stereocenters. The minimum Gasteiger partial charge on any atom is -0.399 e. The van der Waals surface area contributed by atoms with Crippen LogP contribution < -0.4 is 5.73 Å². The number of nitrogen functional groups attached to an aromatic ring is 1. The van der Waals surface area contributed by atoms with Crippen molar-refractivity contribution < 1.29 is 23.6 Å². The molecule has 10 heteroatoms. The van der Waals surface area contributed by atoms with E-state index in [1.165, 1.54) is 6.07 Å². The van der Waals surface area contributed by atoms with Crippen LogP contribution in [0.2, 0.25) is 0 Å². The second-order valence-corrected chi connectivity index (χ2v) is 6.35. The van der Waals surface area contributed by atoms with E-state index in [1.54, 1.807) is 0 Å². The Labute approximate surface area is 114 Å². The second-order valence-electron chi connectivity index (χ2n) is 4.44. The molecule has 1 aliphatic heterocycles. The summed E-state index contributed by atoms with van der Waals surface area (Å²) >= 11 is 0. The maximum atomic E-state index is 12.3. The molecule has 1 aromatic rings. The maximum Gasteiger partial charge on any atom is 0.291 e. The average Bonchev–Trinajstić information content (AvgIpc) is 2.70. The van der Waals surface area contributed by atoms with Crippen molar-refractivity contribution in [1.82, 2.24) is 4.31 Å². The van der Waals surface area contributed by atoms with E-state index in [9.17, 15) is 28.7 Å². The quantitative estimate of drug-likeness (QED) is 0.365. The molecule has 2 rings (SSSR count). The fraction of sp³-hybridized carbons (Fsp3) is 0.400. The first-order valence-electron chi connectivity index (χ1n) is 5.63. The Morgan fingerprint density at radius 2 is 1.85 bits per heavy atom. The monoisotopic (exact) mass is 303 g/mol. The van der Waals surface area contributed by atoms with Crippen molar-refractivity contribution >= 4 is 21.4 Å². The number of nitrogens with two attached hydrogens (primary N) is 1. The molecule has 9 nitrogen and oxygen atoms in total. The Morgan fingerprint density at radius 1 is 1.30 bits per heavy atom. The van der Waals surface area contributed by atoms with E-state index >= 15 is 0 Å². The van der Waals surface area contributed by atoms with Gasteiger partial charge in [0.25, 0.3) is 5.69 Å². The molecular weight excluding hydrogens is 290 g/mol. The van der Waals surface area contributed by atoms with E-state index in [1.807, 2.05) is 0 Å². The van der Waals surface area contributed by atoms with Gasteiger partial charge in [-0.25, -0.2) is 8.42 Å². The van der Waals surface area contributed by atoms with E-state index < -0.39 is 37.7 Å². The maximum absolute atomic E-state index is 12.3. The molecule has 1 saturated heterocycles. The van der Waals surface area contributed by atoms with Gasteiger partial charge in [0.05, 0.1) is 17.1 Å². The summed E-state index contributed by atoms with van der Waals surface area (Å²) in [5.74, 6) is 0. The van der Waals surface area contributed by atoms with Crippen LogP contribution in [0.4, 0.5) is 11.4 Å². The van der Waals surface area contributed by atoms with E-state index in [0.29, 0.717) is 0 Å². The number of aliphatic hydroxyl groups excluding tert-OH is 2. The highest BCUT2D eigenvalue weighted by Crippen LogP contribution is 2.30. The Balaban J connectivity index is 2.48. The van der Waals surface area contributed by atoms with Gasteiger partial charge in [0, 0.05) is 24.8 Å². The minimum absolute atomic E-state index is 0.0668. The molecule has 1 aliphatic rings. The lowest BCUT2D eigenvalue weighted by molar-refractivity contribution is -0.387. The molecule has 0 aliphatic carbocycles. The van der Waals surface area contributed by atoms with Crippen LogP contribution in [-0.2, 0) is 10.0 Å². The smallest absolute Gasteiger partial charge is 0.291 e. The molecular formula is C10H13N3O6S. The highest BCUT2D eigenvalue weighted by atomic mass is 32.2. The topological polar surface area (TPSA) is 147 Å². The Hall–Kier alpha value is -1.75. The molecule has 0 aromatic heterocycles. The number of rotatable bonds is 3. The summed E-state index contributed by atoms with van der Waals surface area (Å²) in [7, 11) is -4.18. The normalized spacial score (nSPS) is 23.9. The zero-order chi connectivity index (χ0) is 15.1. The van der Waals surface area contributed by atoms with Crippen molar-refractivity contribution in [2.24, 2.45) is 0 Å². The first-order chi connectivity index (χ1) is 9.23. The van der Waals surface area contributed by atoms with Crippen LogP contribution in [0.15, 0.2) is 23.1 Å². The van der Waals surface area contributed by atoms with Crippen LogP contribution in [0.1, 0.15) is 0 Å². The van der Waals surface area contributed by atoms with Gasteiger partial charge in [-0.3, -0.25) is 10.1 Å². The standard InChI is InChI=1S/C10H13N3O6S/c11-6-1-2-10(7(3-6)13(16)17)20(18,19)12-4-8(14)9(15)5-12/h1-3,8-9,14-15H,4-5,11H2. The highest BCUT2D eigenvalue weighted by molar-refractivity contribution is 7.89. The summed E-state index contributed by atoms with van der Waals surface area (Å²) in [6.07, 6.45) is -2.42. The molecule has 0 saturated carbocycles. The van der Waals surface area contributed by atoms with Crippen LogP contribution >= 0.6 is 0 Å². The van der Waals surface area contributed by atoms with Gasteiger partial charge in [-0.15, -0.1) is 0 Å². The molecule has 0 radical (unpaired) electrons. The van der Waals surface area contributed by atoms with Crippen LogP contribution in [0.3, 0.4) is 0 Å². The number of β-amino-alcohol motifs (C(OH)–C–C–N with tert-alkyl or cyclic N) is 2. The predicted octanol–water partition coefficient (Wildman–Crippen LogP) is -1.10. The van der Waals surface area contributed by atoms with Crippen LogP contribution in [0.25, 0.3) is 0 Å². The Bertz CT molecular complexity index is 636. The number of nitro benzene ring substituents is 1. The number of benzene rings is 1. The van der Waals surface area contributed by atoms with Gasteiger partial charge in [0.1, 0.15) is 0 Å². The van der Waals surface area contributed by atoms with E-state index in [-0.39, 0.29) is 18.8 Å². The number of anilines is 1. The molecule has 0 amide bonds. The molecule has 0 bridgehead atoms. The van der Waals surface area contributed by atoms with Crippen LogP contribution in [-0.4, -0.2) is 53.2 Å². The van der Waals surface area contributed by atoms with Gasteiger partial charge < -0.3 is 15.9 Å². The van der Waals surface area contributed by atoms with E-state index in [2.05, 4.69) is 0 Å². The molecule has 2 atom stereocenters. The first-order valence-corrected chi connectivity index (χ1v) is 7.07. The summed E-state index contributed by atoms with van der Waals surface area (Å²) in [5, 5.41) is 29.7. The van der Waals surface area contributed by atoms with E-state index in [0.717, 1.165) is 16.4 Å². The molecule has 110 valence electrons. The lowest BCUT2D eigenvalue weighted by Gasteiger charge is -2.15. The fourth-order valence-corrected chi connectivity index (χ4v) is 3.58. The van der Waals surface area contributed by atoms with Crippen molar-refractivity contribution in [3.63, 3.8) is 0 Å². The van der Waals surface area contributed by atoms with Gasteiger partial charge in [-0.1, -0.05) is 0 Å². The number of nitrogens with zero attached hydrogens (tertiary/aromatic N) is 2. The summed E-state index contributed by atoms with van der Waals surface area (Å²) in [4.78, 5) is 9.58. The lowest BCUT2D eigenvalue weighted by atomic mass is 10.3. The number of hydrogen-bond donors (Lipinski definition) is 3. The predicted molar refractivity (Wildman–Crippen MR) is 68.3 cm³/mol. The van der Waals surface area contributed by atoms with Crippen molar-refractivity contribution in [2.75, 3.05) is 18.8 Å².